The molecule has 0 spiro atoms. The van der Waals surface area contributed by atoms with Crippen molar-refractivity contribution in [2.24, 2.45) is 0 Å². The maximum atomic E-state index is 12.6. The first-order chi connectivity index (χ1) is 15.5. The summed E-state index contributed by atoms with van der Waals surface area (Å²) < 4.78 is 0. The van der Waals surface area contributed by atoms with E-state index in [1.165, 1.54) is 22.5 Å². The molecule has 4 nitrogen and oxygen atoms in total. The van der Waals surface area contributed by atoms with E-state index in [-0.39, 0.29) is 12.3 Å². The average Bonchev–Trinajstić information content (AvgIpc) is 3.24. The molecule has 2 N–H and O–H groups in total. The Bertz CT molecular complexity index is 1200. The number of aliphatic hydroxyl groups excluding tert-OH is 1. The van der Waals surface area contributed by atoms with Gasteiger partial charge < -0.3 is 10.4 Å². The summed E-state index contributed by atoms with van der Waals surface area (Å²) in [6.07, 6.45) is -0.0873. The number of hydrogen-bond acceptors (Lipinski definition) is 4. The van der Waals surface area contributed by atoms with Crippen LogP contribution in [-0.2, 0) is 4.79 Å². The quantitative estimate of drug-likeness (QED) is 0.341. The zero-order valence-electron chi connectivity index (χ0n) is 18.2. The van der Waals surface area contributed by atoms with Gasteiger partial charge in [0.15, 0.2) is 5.13 Å². The van der Waals surface area contributed by atoms with E-state index >= 15 is 0 Å². The lowest BCUT2D eigenvalue weighted by Crippen LogP contribution is -2.12. The predicted octanol–water partition coefficient (Wildman–Crippen LogP) is 6.55. The van der Waals surface area contributed by atoms with Crippen LogP contribution in [0, 0.1) is 13.8 Å². The van der Waals surface area contributed by atoms with Gasteiger partial charge in [0.25, 0.3) is 0 Å². The summed E-state index contributed by atoms with van der Waals surface area (Å²) in [5, 5.41) is 13.8. The first kappa shape index (κ1) is 21.9. The highest BCUT2D eigenvalue weighted by atomic mass is 32.1. The van der Waals surface area contributed by atoms with Crippen LogP contribution in [0.3, 0.4) is 0 Å². The molecule has 0 aliphatic carbocycles. The molecule has 1 heterocycles. The lowest BCUT2D eigenvalue weighted by Gasteiger charge is -2.10. The highest BCUT2D eigenvalue weighted by Crippen LogP contribution is 2.39. The number of carbonyl (C=O) groups is 1. The van der Waals surface area contributed by atoms with Crippen LogP contribution in [0.4, 0.5) is 5.13 Å². The minimum atomic E-state index is -0.663. The molecule has 0 saturated heterocycles. The highest BCUT2D eigenvalue weighted by molar-refractivity contribution is 7.19. The largest absolute Gasteiger partial charge is 0.388 e. The number of thiazole rings is 1. The zero-order chi connectivity index (χ0) is 22.5. The lowest BCUT2D eigenvalue weighted by atomic mass is 10.0. The van der Waals surface area contributed by atoms with Crippen LogP contribution in [0.2, 0.25) is 0 Å². The topological polar surface area (TPSA) is 62.2 Å². The van der Waals surface area contributed by atoms with E-state index in [1.54, 1.807) is 0 Å². The van der Waals surface area contributed by atoms with Gasteiger partial charge in [-0.1, -0.05) is 90.2 Å². The van der Waals surface area contributed by atoms with Crippen molar-refractivity contribution in [3.05, 3.63) is 95.6 Å². The van der Waals surface area contributed by atoms with Gasteiger partial charge in [-0.15, -0.1) is 0 Å². The molecule has 0 saturated carbocycles. The Morgan fingerprint density at radius 1 is 0.938 bits per heavy atom. The third-order valence-corrected chi connectivity index (χ3v) is 6.54. The Balaban J connectivity index is 1.54. The summed E-state index contributed by atoms with van der Waals surface area (Å²) in [4.78, 5) is 18.4. The fourth-order valence-electron chi connectivity index (χ4n) is 3.54. The maximum Gasteiger partial charge on any atom is 0.226 e. The Morgan fingerprint density at radius 3 is 2.31 bits per heavy atom. The van der Waals surface area contributed by atoms with Crippen molar-refractivity contribution in [2.45, 2.75) is 32.8 Å². The van der Waals surface area contributed by atoms with Gasteiger partial charge in [0.2, 0.25) is 5.91 Å². The van der Waals surface area contributed by atoms with E-state index in [9.17, 15) is 9.90 Å². The van der Waals surface area contributed by atoms with Crippen molar-refractivity contribution in [1.29, 1.82) is 0 Å². The van der Waals surface area contributed by atoms with E-state index in [1.807, 2.05) is 60.7 Å². The van der Waals surface area contributed by atoms with E-state index in [2.05, 4.69) is 37.4 Å². The molecule has 0 unspecified atom stereocenters. The number of nitrogens with zero attached hydrogens (tertiary/aromatic N) is 1. The molecule has 5 heteroatoms. The molecular weight excluding hydrogens is 416 g/mol. The molecule has 0 bridgehead atoms. The number of hydrogen-bond donors (Lipinski definition) is 2. The van der Waals surface area contributed by atoms with Gasteiger partial charge in [-0.25, -0.2) is 4.98 Å². The monoisotopic (exact) mass is 442 g/mol. The first-order valence-electron chi connectivity index (χ1n) is 10.7. The molecule has 162 valence electrons. The van der Waals surface area contributed by atoms with E-state index in [4.69, 9.17) is 4.98 Å². The zero-order valence-corrected chi connectivity index (χ0v) is 19.0. The molecule has 3 aromatic carbocycles. The lowest BCUT2D eigenvalue weighted by molar-refractivity contribution is -0.116. The van der Waals surface area contributed by atoms with Crippen molar-refractivity contribution in [3.63, 3.8) is 0 Å². The number of aliphatic hydroxyl groups is 1. The fraction of sp³-hybridized carbons (Fsp3) is 0.185. The van der Waals surface area contributed by atoms with E-state index < -0.39 is 6.10 Å². The van der Waals surface area contributed by atoms with Gasteiger partial charge in [-0.05, 0) is 42.5 Å². The third kappa shape index (κ3) is 5.13. The number of anilines is 1. The van der Waals surface area contributed by atoms with Crippen LogP contribution < -0.4 is 5.32 Å². The van der Waals surface area contributed by atoms with E-state index in [0.717, 1.165) is 27.3 Å². The Hall–Kier alpha value is -3.28. The third-order valence-electron chi connectivity index (χ3n) is 5.52. The number of amides is 1. The Labute approximate surface area is 192 Å². The van der Waals surface area contributed by atoms with Crippen LogP contribution in [0.5, 0.6) is 0 Å². The summed E-state index contributed by atoms with van der Waals surface area (Å²) in [5.74, 6) is -0.153. The Kier molecular flexibility index (Phi) is 6.78. The van der Waals surface area contributed by atoms with Crippen molar-refractivity contribution >= 4 is 22.4 Å². The summed E-state index contributed by atoms with van der Waals surface area (Å²) >= 11 is 1.48. The molecule has 0 aliphatic rings. The van der Waals surface area contributed by atoms with Crippen LogP contribution in [-0.4, -0.2) is 16.0 Å². The molecule has 0 radical (unpaired) electrons. The van der Waals surface area contributed by atoms with Crippen LogP contribution in [0.15, 0.2) is 78.9 Å². The molecule has 0 fully saturated rings. The average molecular weight is 443 g/mol. The van der Waals surface area contributed by atoms with Gasteiger partial charge in [0, 0.05) is 12.0 Å². The van der Waals surface area contributed by atoms with Gasteiger partial charge in [-0.3, -0.25) is 4.79 Å². The van der Waals surface area contributed by atoms with E-state index in [0.29, 0.717) is 11.6 Å². The first-order valence-corrected chi connectivity index (χ1v) is 11.5. The van der Waals surface area contributed by atoms with Gasteiger partial charge in [0.1, 0.15) is 0 Å². The molecule has 1 atom stereocenters. The normalized spacial score (nSPS) is 11.8. The second kappa shape index (κ2) is 9.90. The van der Waals surface area contributed by atoms with Crippen LogP contribution in [0.1, 0.15) is 35.6 Å². The van der Waals surface area contributed by atoms with Gasteiger partial charge in [-0.2, -0.15) is 0 Å². The smallest absolute Gasteiger partial charge is 0.226 e. The molecule has 0 aliphatic heterocycles. The van der Waals surface area contributed by atoms with Crippen LogP contribution >= 0.6 is 11.3 Å². The van der Waals surface area contributed by atoms with Crippen molar-refractivity contribution in [3.8, 4) is 21.7 Å². The molecular formula is C27H26N2O2S. The Morgan fingerprint density at radius 2 is 1.62 bits per heavy atom. The SMILES string of the molecule is Cc1ccc(-c2sc(NC(=O)CC[C@@H](O)c3ccccc3)nc2-c2ccccc2)cc1C. The second-order valence-electron chi connectivity index (χ2n) is 7.88. The molecule has 32 heavy (non-hydrogen) atoms. The minimum absolute atomic E-state index is 0.153. The summed E-state index contributed by atoms with van der Waals surface area (Å²) in [6, 6.07) is 25.8. The summed E-state index contributed by atoms with van der Waals surface area (Å²) in [5.41, 5.74) is 6.23. The number of aryl methyl sites for hydroxylation is 2. The van der Waals surface area contributed by atoms with Crippen molar-refractivity contribution < 1.29 is 9.90 Å². The van der Waals surface area contributed by atoms with Crippen molar-refractivity contribution in [2.75, 3.05) is 5.32 Å². The van der Waals surface area contributed by atoms with Gasteiger partial charge in [0.05, 0.1) is 16.7 Å². The number of benzene rings is 3. The predicted molar refractivity (Wildman–Crippen MR) is 132 cm³/mol. The van der Waals surface area contributed by atoms with Crippen LogP contribution in [0.25, 0.3) is 21.7 Å². The summed E-state index contributed by atoms with van der Waals surface area (Å²) in [6.45, 7) is 4.20. The summed E-state index contributed by atoms with van der Waals surface area (Å²) in [7, 11) is 0. The minimum Gasteiger partial charge on any atom is -0.388 e. The highest BCUT2D eigenvalue weighted by Gasteiger charge is 2.17. The number of nitrogens with one attached hydrogen (secondary N) is 1. The molecule has 4 rings (SSSR count). The number of aromatic nitrogens is 1. The fourth-order valence-corrected chi connectivity index (χ4v) is 4.54. The number of carbonyl (C=O) groups excluding carboxylic acids is 1. The second-order valence-corrected chi connectivity index (χ2v) is 8.87. The molecule has 1 aromatic heterocycles. The molecule has 1 amide bonds. The van der Waals surface area contributed by atoms with Gasteiger partial charge >= 0.3 is 0 Å². The molecule has 4 aromatic rings. The maximum absolute atomic E-state index is 12.6. The van der Waals surface area contributed by atoms with Crippen molar-refractivity contribution in [1.82, 2.24) is 4.98 Å². The standard InChI is InChI=1S/C27H26N2O2S/c1-18-13-14-22(17-19(18)2)26-25(21-11-7-4-8-12-21)29-27(32-26)28-24(31)16-15-23(30)20-9-5-3-6-10-20/h3-14,17,23,30H,15-16H2,1-2H3,(H,28,29,31)/t23-/m1/s1. The number of rotatable bonds is 7.